The first kappa shape index (κ1) is 13.9. The second-order valence-corrected chi connectivity index (χ2v) is 5.25. The number of rotatable bonds is 5. The molecule has 4 heteroatoms. The molecule has 0 saturated carbocycles. The van der Waals surface area contributed by atoms with E-state index in [1.54, 1.807) is 24.0 Å². The predicted octanol–water partition coefficient (Wildman–Crippen LogP) is 4.00. The highest BCUT2D eigenvalue weighted by Gasteiger charge is 2.04. The third kappa shape index (κ3) is 3.96. The minimum Gasteiger partial charge on any atom is -0.381 e. The van der Waals surface area contributed by atoms with Gasteiger partial charge in [-0.2, -0.15) is 11.8 Å². The van der Waals surface area contributed by atoms with Gasteiger partial charge in [-0.3, -0.25) is 4.98 Å². The molecule has 0 unspecified atom stereocenters. The summed E-state index contributed by atoms with van der Waals surface area (Å²) in [4.78, 5) is 4.16. The first-order chi connectivity index (χ1) is 9.19. The third-order valence-electron chi connectivity index (χ3n) is 2.85. The van der Waals surface area contributed by atoms with Crippen LogP contribution in [0.1, 0.15) is 16.8 Å². The molecule has 0 aliphatic heterocycles. The topological polar surface area (TPSA) is 24.9 Å². The fourth-order valence-electron chi connectivity index (χ4n) is 1.91. The molecule has 19 heavy (non-hydrogen) atoms. The third-order valence-corrected chi connectivity index (χ3v) is 3.45. The molecule has 0 aliphatic rings. The summed E-state index contributed by atoms with van der Waals surface area (Å²) in [5, 5.41) is 3.35. The highest BCUT2D eigenvalue weighted by atomic mass is 32.2. The molecule has 0 radical (unpaired) electrons. The quantitative estimate of drug-likeness (QED) is 0.893. The van der Waals surface area contributed by atoms with Gasteiger partial charge in [-0.15, -0.1) is 0 Å². The van der Waals surface area contributed by atoms with Crippen LogP contribution in [0.25, 0.3) is 0 Å². The Balaban J connectivity index is 2.10. The number of nitrogens with zero attached hydrogens (tertiary/aromatic N) is 1. The average molecular weight is 276 g/mol. The van der Waals surface area contributed by atoms with Crippen LogP contribution in [-0.2, 0) is 12.3 Å². The number of thioether (sulfide) groups is 1. The van der Waals surface area contributed by atoms with Gasteiger partial charge in [-0.1, -0.05) is 6.07 Å². The van der Waals surface area contributed by atoms with Crippen LogP contribution in [0.2, 0.25) is 0 Å². The molecule has 0 saturated heterocycles. The molecule has 0 spiro atoms. The van der Waals surface area contributed by atoms with Crippen LogP contribution in [0.3, 0.4) is 0 Å². The molecule has 0 aliphatic carbocycles. The maximum absolute atomic E-state index is 13.2. The number of hydrogen-bond acceptors (Lipinski definition) is 3. The van der Waals surface area contributed by atoms with E-state index in [0.29, 0.717) is 6.54 Å². The molecule has 1 N–H and O–H groups in total. The van der Waals surface area contributed by atoms with Gasteiger partial charge in [0.1, 0.15) is 5.82 Å². The van der Waals surface area contributed by atoms with Crippen LogP contribution in [0.15, 0.2) is 36.5 Å². The van der Waals surface area contributed by atoms with Gasteiger partial charge in [0.05, 0.1) is 0 Å². The number of benzene rings is 1. The Labute approximate surface area is 117 Å². The van der Waals surface area contributed by atoms with Crippen molar-refractivity contribution in [2.24, 2.45) is 0 Å². The molecule has 0 bridgehead atoms. The summed E-state index contributed by atoms with van der Waals surface area (Å²) in [5.74, 6) is 0.650. The summed E-state index contributed by atoms with van der Waals surface area (Å²) >= 11 is 1.70. The number of aromatic nitrogens is 1. The van der Waals surface area contributed by atoms with Crippen LogP contribution in [0.5, 0.6) is 0 Å². The Hall–Kier alpha value is -1.55. The van der Waals surface area contributed by atoms with Crippen LogP contribution in [-0.4, -0.2) is 11.2 Å². The van der Waals surface area contributed by atoms with Crippen molar-refractivity contribution in [1.82, 2.24) is 4.98 Å². The van der Waals surface area contributed by atoms with Gasteiger partial charge in [0.25, 0.3) is 0 Å². The highest BCUT2D eigenvalue weighted by molar-refractivity contribution is 7.97. The summed E-state index contributed by atoms with van der Waals surface area (Å²) in [5.41, 5.74) is 4.19. The van der Waals surface area contributed by atoms with Crippen molar-refractivity contribution in [1.29, 1.82) is 0 Å². The molecule has 1 aromatic carbocycles. The van der Waals surface area contributed by atoms with E-state index in [9.17, 15) is 4.39 Å². The lowest BCUT2D eigenvalue weighted by molar-refractivity contribution is 0.625. The van der Waals surface area contributed by atoms with E-state index in [0.717, 1.165) is 28.3 Å². The van der Waals surface area contributed by atoms with E-state index < -0.39 is 0 Å². The van der Waals surface area contributed by atoms with Crippen molar-refractivity contribution in [3.63, 3.8) is 0 Å². The molecule has 0 atom stereocenters. The van der Waals surface area contributed by atoms with Gasteiger partial charge in [-0.05, 0) is 48.6 Å². The monoisotopic (exact) mass is 276 g/mol. The van der Waals surface area contributed by atoms with Crippen LogP contribution in [0.4, 0.5) is 10.1 Å². The molecule has 2 nitrogen and oxygen atoms in total. The van der Waals surface area contributed by atoms with E-state index in [-0.39, 0.29) is 5.82 Å². The molecule has 100 valence electrons. The summed E-state index contributed by atoms with van der Waals surface area (Å²) in [6.07, 6.45) is 3.81. The lowest BCUT2D eigenvalue weighted by Gasteiger charge is -2.11. The highest BCUT2D eigenvalue weighted by Crippen LogP contribution is 2.18. The maximum Gasteiger partial charge on any atom is 0.123 e. The molecule has 2 rings (SSSR count). The second-order valence-electron chi connectivity index (χ2n) is 4.39. The Kier molecular flexibility index (Phi) is 4.80. The van der Waals surface area contributed by atoms with Crippen LogP contribution < -0.4 is 5.32 Å². The number of nitrogens with one attached hydrogen (secondary N) is 1. The lowest BCUT2D eigenvalue weighted by atomic mass is 10.1. The van der Waals surface area contributed by atoms with Gasteiger partial charge in [0.15, 0.2) is 0 Å². The first-order valence-corrected chi connectivity index (χ1v) is 7.51. The maximum atomic E-state index is 13.2. The van der Waals surface area contributed by atoms with Crippen molar-refractivity contribution < 1.29 is 4.39 Å². The summed E-state index contributed by atoms with van der Waals surface area (Å²) in [6.45, 7) is 2.65. The Bertz CT molecular complexity index is 558. The Morgan fingerprint density at radius 3 is 2.79 bits per heavy atom. The second kappa shape index (κ2) is 6.57. The summed E-state index contributed by atoms with van der Waals surface area (Å²) in [6, 6.07) is 8.91. The van der Waals surface area contributed by atoms with E-state index in [1.165, 1.54) is 6.07 Å². The van der Waals surface area contributed by atoms with E-state index >= 15 is 0 Å². The van der Waals surface area contributed by atoms with Gasteiger partial charge in [-0.25, -0.2) is 4.39 Å². The Morgan fingerprint density at radius 1 is 1.21 bits per heavy atom. The predicted molar refractivity (Wildman–Crippen MR) is 79.9 cm³/mol. The van der Waals surface area contributed by atoms with Crippen molar-refractivity contribution in [3.05, 3.63) is 59.2 Å². The minimum atomic E-state index is -0.174. The SMILES string of the molecule is CSCc1cc(F)ccc1CNc1ccnc(C)c1. The Morgan fingerprint density at radius 2 is 2.05 bits per heavy atom. The fraction of sp³-hybridized carbons (Fsp3) is 0.267. The zero-order valence-electron chi connectivity index (χ0n) is 11.1. The number of anilines is 1. The van der Waals surface area contributed by atoms with Crippen molar-refractivity contribution in [3.8, 4) is 0 Å². The zero-order chi connectivity index (χ0) is 13.7. The summed E-state index contributed by atoms with van der Waals surface area (Å²) < 4.78 is 13.2. The molecule has 0 amide bonds. The van der Waals surface area contributed by atoms with Crippen LogP contribution >= 0.6 is 11.8 Å². The van der Waals surface area contributed by atoms with Gasteiger partial charge in [0, 0.05) is 29.9 Å². The summed E-state index contributed by atoms with van der Waals surface area (Å²) in [7, 11) is 0. The van der Waals surface area contributed by atoms with E-state index in [4.69, 9.17) is 0 Å². The molecule has 0 fully saturated rings. The number of pyridine rings is 1. The molecular weight excluding hydrogens is 259 g/mol. The fourth-order valence-corrected chi connectivity index (χ4v) is 2.49. The van der Waals surface area contributed by atoms with Crippen molar-refractivity contribution in [2.45, 2.75) is 19.2 Å². The van der Waals surface area contributed by atoms with Crippen molar-refractivity contribution >= 4 is 17.4 Å². The minimum absolute atomic E-state index is 0.174. The number of halogens is 1. The van der Waals surface area contributed by atoms with Crippen molar-refractivity contribution in [2.75, 3.05) is 11.6 Å². The normalized spacial score (nSPS) is 10.5. The first-order valence-electron chi connectivity index (χ1n) is 6.12. The molecule has 1 aromatic heterocycles. The average Bonchev–Trinajstić information content (AvgIpc) is 2.38. The largest absolute Gasteiger partial charge is 0.381 e. The number of hydrogen-bond donors (Lipinski definition) is 1. The molecule has 2 aromatic rings. The lowest BCUT2D eigenvalue weighted by Crippen LogP contribution is -2.03. The molecule has 1 heterocycles. The standard InChI is InChI=1S/C15H17FN2S/c1-11-7-15(5-6-17-11)18-9-12-3-4-14(16)8-13(12)10-19-2/h3-8H,9-10H2,1-2H3,(H,17,18). The zero-order valence-corrected chi connectivity index (χ0v) is 11.9. The number of aryl methyl sites for hydroxylation is 1. The smallest absolute Gasteiger partial charge is 0.123 e. The molecular formula is C15H17FN2S. The van der Waals surface area contributed by atoms with Gasteiger partial charge < -0.3 is 5.32 Å². The van der Waals surface area contributed by atoms with Gasteiger partial charge in [0.2, 0.25) is 0 Å². The van der Waals surface area contributed by atoms with Gasteiger partial charge >= 0.3 is 0 Å². The van der Waals surface area contributed by atoms with E-state index in [1.807, 2.05) is 31.4 Å². The van der Waals surface area contributed by atoms with E-state index in [2.05, 4.69) is 10.3 Å². The van der Waals surface area contributed by atoms with Crippen LogP contribution in [0, 0.1) is 12.7 Å².